The molecule has 1 aromatic carbocycles. The Morgan fingerprint density at radius 2 is 2.00 bits per heavy atom. The zero-order valence-corrected chi connectivity index (χ0v) is 12.1. The first-order valence-electron chi connectivity index (χ1n) is 6.81. The molecule has 1 aromatic rings. The van der Waals surface area contributed by atoms with Crippen molar-refractivity contribution >= 4 is 0 Å². The quantitative estimate of drug-likeness (QED) is 0.780. The summed E-state index contributed by atoms with van der Waals surface area (Å²) in [7, 11) is 0. The first-order chi connectivity index (χ1) is 9.58. The van der Waals surface area contributed by atoms with E-state index < -0.39 is 0 Å². The highest BCUT2D eigenvalue weighted by atomic mass is 19.1. The highest BCUT2D eigenvalue weighted by Crippen LogP contribution is 2.14. The number of aliphatic hydroxyl groups is 2. The van der Waals surface area contributed by atoms with E-state index in [-0.39, 0.29) is 25.1 Å². The van der Waals surface area contributed by atoms with Gasteiger partial charge in [0.25, 0.3) is 0 Å². The Kier molecular flexibility index (Phi) is 7.24. The molecule has 0 amide bonds. The van der Waals surface area contributed by atoms with Gasteiger partial charge in [-0.3, -0.25) is 4.90 Å². The van der Waals surface area contributed by atoms with E-state index in [1.807, 2.05) is 0 Å². The molecule has 0 radical (unpaired) electrons. The SMILES string of the molecule is CC(C)N(CCO)Cc1ccc(F)cc1C#CCCO. The molecule has 0 fully saturated rings. The van der Waals surface area contributed by atoms with Gasteiger partial charge in [0.1, 0.15) is 5.82 Å². The van der Waals surface area contributed by atoms with Crippen LogP contribution in [0.4, 0.5) is 4.39 Å². The fourth-order valence-electron chi connectivity index (χ4n) is 1.88. The van der Waals surface area contributed by atoms with Gasteiger partial charge < -0.3 is 10.2 Å². The third-order valence-corrected chi connectivity index (χ3v) is 3.02. The number of benzene rings is 1. The van der Waals surface area contributed by atoms with Crippen molar-refractivity contribution in [2.75, 3.05) is 19.8 Å². The van der Waals surface area contributed by atoms with Crippen molar-refractivity contribution in [2.24, 2.45) is 0 Å². The van der Waals surface area contributed by atoms with Crippen LogP contribution in [0.5, 0.6) is 0 Å². The Morgan fingerprint density at radius 3 is 2.60 bits per heavy atom. The number of nitrogens with zero attached hydrogens (tertiary/aromatic N) is 1. The number of hydrogen-bond acceptors (Lipinski definition) is 3. The molecule has 4 heteroatoms. The Morgan fingerprint density at radius 1 is 1.25 bits per heavy atom. The van der Waals surface area contributed by atoms with Crippen LogP contribution in [-0.2, 0) is 6.54 Å². The van der Waals surface area contributed by atoms with Crippen LogP contribution in [0, 0.1) is 17.7 Å². The lowest BCUT2D eigenvalue weighted by molar-refractivity contribution is 0.159. The Labute approximate surface area is 120 Å². The molecule has 0 bridgehead atoms. The normalized spacial score (nSPS) is 10.8. The molecule has 3 nitrogen and oxygen atoms in total. The van der Waals surface area contributed by atoms with Crippen molar-refractivity contribution in [3.8, 4) is 11.8 Å². The van der Waals surface area contributed by atoms with Gasteiger partial charge in [0.05, 0.1) is 13.2 Å². The standard InChI is InChI=1S/C16H22FNO2/c1-13(2)18(8-10-20)12-15-6-7-16(17)11-14(15)5-3-4-9-19/h6-7,11,13,19-20H,4,8-10,12H2,1-2H3. The summed E-state index contributed by atoms with van der Waals surface area (Å²) < 4.78 is 13.3. The average Bonchev–Trinajstić information content (AvgIpc) is 2.41. The van der Waals surface area contributed by atoms with Gasteiger partial charge in [-0.05, 0) is 31.5 Å². The fourth-order valence-corrected chi connectivity index (χ4v) is 1.88. The molecule has 0 spiro atoms. The number of halogens is 1. The van der Waals surface area contributed by atoms with Gasteiger partial charge >= 0.3 is 0 Å². The van der Waals surface area contributed by atoms with Gasteiger partial charge in [0.15, 0.2) is 0 Å². The molecule has 110 valence electrons. The first kappa shape index (κ1) is 16.6. The number of aliphatic hydroxyl groups excluding tert-OH is 2. The summed E-state index contributed by atoms with van der Waals surface area (Å²) in [5.74, 6) is 5.40. The summed E-state index contributed by atoms with van der Waals surface area (Å²) in [5.41, 5.74) is 1.57. The lowest BCUT2D eigenvalue weighted by atomic mass is 10.1. The lowest BCUT2D eigenvalue weighted by Gasteiger charge is -2.26. The smallest absolute Gasteiger partial charge is 0.124 e. The maximum atomic E-state index is 13.3. The second kappa shape index (κ2) is 8.70. The maximum Gasteiger partial charge on any atom is 0.124 e. The Bertz CT molecular complexity index is 477. The fraction of sp³-hybridized carbons (Fsp3) is 0.500. The van der Waals surface area contributed by atoms with E-state index in [2.05, 4.69) is 30.6 Å². The molecule has 0 heterocycles. The van der Waals surface area contributed by atoms with Crippen molar-refractivity contribution in [1.82, 2.24) is 4.90 Å². The van der Waals surface area contributed by atoms with Gasteiger partial charge in [0.2, 0.25) is 0 Å². The van der Waals surface area contributed by atoms with Gasteiger partial charge in [-0.1, -0.05) is 17.9 Å². The van der Waals surface area contributed by atoms with Crippen LogP contribution >= 0.6 is 0 Å². The van der Waals surface area contributed by atoms with Gasteiger partial charge in [-0.2, -0.15) is 0 Å². The van der Waals surface area contributed by atoms with Crippen LogP contribution in [0.3, 0.4) is 0 Å². The van der Waals surface area contributed by atoms with Gasteiger partial charge in [-0.15, -0.1) is 0 Å². The molecule has 0 atom stereocenters. The van der Waals surface area contributed by atoms with Crippen molar-refractivity contribution < 1.29 is 14.6 Å². The highest BCUT2D eigenvalue weighted by molar-refractivity contribution is 5.41. The Hall–Kier alpha value is -1.41. The highest BCUT2D eigenvalue weighted by Gasteiger charge is 2.12. The zero-order chi connectivity index (χ0) is 15.0. The molecular formula is C16H22FNO2. The van der Waals surface area contributed by atoms with Crippen LogP contribution in [0.1, 0.15) is 31.4 Å². The van der Waals surface area contributed by atoms with Crippen molar-refractivity contribution in [1.29, 1.82) is 0 Å². The molecule has 0 saturated heterocycles. The van der Waals surface area contributed by atoms with E-state index in [1.165, 1.54) is 12.1 Å². The summed E-state index contributed by atoms with van der Waals surface area (Å²) in [6.07, 6.45) is 0.375. The predicted octanol–water partition coefficient (Wildman–Crippen LogP) is 1.76. The molecular weight excluding hydrogens is 257 g/mol. The monoisotopic (exact) mass is 279 g/mol. The largest absolute Gasteiger partial charge is 0.395 e. The second-order valence-electron chi connectivity index (χ2n) is 4.86. The van der Waals surface area contributed by atoms with E-state index in [9.17, 15) is 4.39 Å². The first-order valence-corrected chi connectivity index (χ1v) is 6.81. The van der Waals surface area contributed by atoms with Crippen LogP contribution in [0.15, 0.2) is 18.2 Å². The van der Waals surface area contributed by atoms with Crippen LogP contribution in [-0.4, -0.2) is 40.9 Å². The minimum absolute atomic E-state index is 0.000278. The van der Waals surface area contributed by atoms with E-state index in [1.54, 1.807) is 6.07 Å². The second-order valence-corrected chi connectivity index (χ2v) is 4.86. The predicted molar refractivity (Wildman–Crippen MR) is 77.6 cm³/mol. The molecule has 0 aliphatic carbocycles. The average molecular weight is 279 g/mol. The molecule has 0 aliphatic rings. The molecule has 1 rings (SSSR count). The van der Waals surface area contributed by atoms with Crippen LogP contribution < -0.4 is 0 Å². The maximum absolute atomic E-state index is 13.3. The van der Waals surface area contributed by atoms with Crippen molar-refractivity contribution in [2.45, 2.75) is 32.9 Å². The van der Waals surface area contributed by atoms with E-state index >= 15 is 0 Å². The van der Waals surface area contributed by atoms with Gasteiger partial charge in [0, 0.05) is 31.1 Å². The minimum Gasteiger partial charge on any atom is -0.395 e. The molecule has 2 N–H and O–H groups in total. The third-order valence-electron chi connectivity index (χ3n) is 3.02. The lowest BCUT2D eigenvalue weighted by Crippen LogP contribution is -2.33. The topological polar surface area (TPSA) is 43.7 Å². The van der Waals surface area contributed by atoms with E-state index in [0.717, 1.165) is 5.56 Å². The molecule has 0 saturated carbocycles. The summed E-state index contributed by atoms with van der Waals surface area (Å²) >= 11 is 0. The van der Waals surface area contributed by atoms with Crippen LogP contribution in [0.25, 0.3) is 0 Å². The summed E-state index contributed by atoms with van der Waals surface area (Å²) in [6, 6.07) is 4.84. The van der Waals surface area contributed by atoms with Gasteiger partial charge in [-0.25, -0.2) is 4.39 Å². The van der Waals surface area contributed by atoms with E-state index in [4.69, 9.17) is 10.2 Å². The van der Waals surface area contributed by atoms with Crippen molar-refractivity contribution in [3.05, 3.63) is 35.1 Å². The molecule has 0 aromatic heterocycles. The summed E-state index contributed by atoms with van der Waals surface area (Å²) in [6.45, 7) is 5.37. The molecule has 0 aliphatic heterocycles. The molecule has 20 heavy (non-hydrogen) atoms. The number of hydrogen-bond donors (Lipinski definition) is 2. The number of rotatable bonds is 6. The van der Waals surface area contributed by atoms with Crippen molar-refractivity contribution in [3.63, 3.8) is 0 Å². The minimum atomic E-state index is -0.319. The molecule has 0 unspecified atom stereocenters. The van der Waals surface area contributed by atoms with Crippen LogP contribution in [0.2, 0.25) is 0 Å². The summed E-state index contributed by atoms with van der Waals surface area (Å²) in [4.78, 5) is 2.10. The third kappa shape index (κ3) is 5.30. The summed E-state index contributed by atoms with van der Waals surface area (Å²) in [5, 5.41) is 17.8. The Balaban J connectivity index is 2.96. The van der Waals surface area contributed by atoms with E-state index in [0.29, 0.717) is 25.1 Å². The zero-order valence-electron chi connectivity index (χ0n) is 12.1.